The van der Waals surface area contributed by atoms with E-state index in [-0.39, 0.29) is 23.5 Å². The molecule has 1 aliphatic carbocycles. The van der Waals surface area contributed by atoms with E-state index in [9.17, 15) is 0 Å². The minimum absolute atomic E-state index is 0.119. The molecule has 0 amide bonds. The van der Waals surface area contributed by atoms with Crippen LogP contribution in [0.5, 0.6) is 5.75 Å². The lowest BCUT2D eigenvalue weighted by Gasteiger charge is -2.60. The molecule has 6 rings (SSSR count). The van der Waals surface area contributed by atoms with Gasteiger partial charge >= 0.3 is 0 Å². The second-order valence-corrected chi connectivity index (χ2v) is 11.2. The van der Waals surface area contributed by atoms with Gasteiger partial charge in [0, 0.05) is 18.3 Å². The molecule has 5 nitrogen and oxygen atoms in total. The highest BCUT2D eigenvalue weighted by molar-refractivity contribution is 5.31. The highest BCUT2D eigenvalue weighted by Gasteiger charge is 2.69. The van der Waals surface area contributed by atoms with Crippen LogP contribution >= 0.6 is 0 Å². The lowest BCUT2D eigenvalue weighted by atomic mass is 9.58. The molecule has 0 N–H and O–H groups in total. The van der Waals surface area contributed by atoms with Gasteiger partial charge in [0.1, 0.15) is 5.75 Å². The third kappa shape index (κ3) is 3.12. The summed E-state index contributed by atoms with van der Waals surface area (Å²) >= 11 is 0. The number of hydrogen-bond donors (Lipinski definition) is 0. The van der Waals surface area contributed by atoms with Crippen molar-refractivity contribution >= 4 is 0 Å². The summed E-state index contributed by atoms with van der Waals surface area (Å²) in [5.41, 5.74) is 0.870. The van der Waals surface area contributed by atoms with Crippen molar-refractivity contribution in [3.63, 3.8) is 0 Å². The van der Waals surface area contributed by atoms with Crippen LogP contribution in [0, 0.1) is 23.7 Å². The second-order valence-electron chi connectivity index (χ2n) is 11.2. The van der Waals surface area contributed by atoms with Crippen LogP contribution in [0.25, 0.3) is 0 Å². The van der Waals surface area contributed by atoms with Crippen molar-refractivity contribution in [2.24, 2.45) is 23.7 Å². The summed E-state index contributed by atoms with van der Waals surface area (Å²) in [4.78, 5) is 12.1. The molecule has 4 saturated heterocycles. The van der Waals surface area contributed by atoms with Gasteiger partial charge in [-0.25, -0.2) is 9.78 Å². The van der Waals surface area contributed by atoms with Crippen LogP contribution in [0.1, 0.15) is 72.8 Å². The molecule has 4 unspecified atom stereocenters. The fourth-order valence-corrected chi connectivity index (χ4v) is 6.17. The first-order chi connectivity index (χ1) is 14.1. The molecule has 2 bridgehead atoms. The fraction of sp³-hybridized carbons (Fsp3) is 0.760. The maximum atomic E-state index is 6.51. The predicted molar refractivity (Wildman–Crippen MR) is 113 cm³/mol. The van der Waals surface area contributed by atoms with E-state index in [2.05, 4.69) is 46.8 Å². The molecule has 1 saturated carbocycles. The topological polar surface area (TPSA) is 46.2 Å². The van der Waals surface area contributed by atoms with Gasteiger partial charge in [0.2, 0.25) is 12.1 Å². The molecular formula is C25H36O5. The quantitative estimate of drug-likeness (QED) is 0.590. The zero-order valence-electron chi connectivity index (χ0n) is 19.1. The second kappa shape index (κ2) is 6.93. The van der Waals surface area contributed by atoms with E-state index in [0.717, 1.165) is 25.0 Å². The Labute approximate surface area is 180 Å². The van der Waals surface area contributed by atoms with Gasteiger partial charge in [-0.15, -0.1) is 0 Å². The van der Waals surface area contributed by atoms with E-state index in [1.807, 2.05) is 19.1 Å². The maximum absolute atomic E-state index is 6.51. The van der Waals surface area contributed by atoms with Crippen molar-refractivity contribution in [3.8, 4) is 5.75 Å². The minimum atomic E-state index is -0.753. The Kier molecular flexibility index (Phi) is 4.79. The first-order valence-electron chi connectivity index (χ1n) is 11.6. The molecule has 4 heterocycles. The van der Waals surface area contributed by atoms with Crippen LogP contribution in [-0.4, -0.2) is 24.0 Å². The summed E-state index contributed by atoms with van der Waals surface area (Å²) in [6.45, 7) is 13.2. The van der Waals surface area contributed by atoms with Gasteiger partial charge < -0.3 is 14.2 Å². The van der Waals surface area contributed by atoms with Crippen molar-refractivity contribution in [3.05, 3.63) is 29.8 Å². The molecule has 1 aromatic carbocycles. The van der Waals surface area contributed by atoms with E-state index >= 15 is 0 Å². The Morgan fingerprint density at radius 3 is 2.40 bits per heavy atom. The predicted octanol–water partition coefficient (Wildman–Crippen LogP) is 5.57. The molecule has 4 aliphatic heterocycles. The standard InChI is InChI=1S/C25H36O5/c1-15-7-12-20-16(2)21(26-18-10-8-17(9-11-18)23(3,4)5)27-22-25(20)19(15)13-14-24(6,28-22)29-30-25/h8-11,15-16,19-22H,7,12-14H2,1-6H3/t15-,16-,19?,20?,21?,22-,24?,25-/m1/s1. The van der Waals surface area contributed by atoms with E-state index in [0.29, 0.717) is 11.8 Å². The molecule has 30 heavy (non-hydrogen) atoms. The number of rotatable bonds is 2. The van der Waals surface area contributed by atoms with Crippen molar-refractivity contribution in [2.75, 3.05) is 0 Å². The van der Waals surface area contributed by atoms with E-state index < -0.39 is 17.7 Å². The van der Waals surface area contributed by atoms with Gasteiger partial charge in [-0.05, 0) is 61.1 Å². The monoisotopic (exact) mass is 416 g/mol. The summed E-state index contributed by atoms with van der Waals surface area (Å²) in [5, 5.41) is 0. The fourth-order valence-electron chi connectivity index (χ4n) is 6.17. The van der Waals surface area contributed by atoms with Crippen LogP contribution in [0.4, 0.5) is 0 Å². The van der Waals surface area contributed by atoms with Crippen molar-refractivity contribution in [1.82, 2.24) is 0 Å². The van der Waals surface area contributed by atoms with Gasteiger partial charge in [-0.1, -0.05) is 46.8 Å². The molecule has 1 aromatic rings. The normalized spacial score (nSPS) is 45.5. The number of benzene rings is 1. The molecular weight excluding hydrogens is 380 g/mol. The Hall–Kier alpha value is -1.14. The van der Waals surface area contributed by atoms with Crippen LogP contribution in [0.2, 0.25) is 0 Å². The maximum Gasteiger partial charge on any atom is 0.205 e. The average Bonchev–Trinajstić information content (AvgIpc) is 2.92. The minimum Gasteiger partial charge on any atom is -0.465 e. The molecule has 5 fully saturated rings. The van der Waals surface area contributed by atoms with E-state index in [1.54, 1.807) is 0 Å². The summed E-state index contributed by atoms with van der Waals surface area (Å²) in [7, 11) is 0. The highest BCUT2D eigenvalue weighted by atomic mass is 17.3. The zero-order valence-corrected chi connectivity index (χ0v) is 19.1. The number of ether oxygens (including phenoxy) is 3. The van der Waals surface area contributed by atoms with Crippen molar-refractivity contribution < 1.29 is 24.0 Å². The van der Waals surface area contributed by atoms with Gasteiger partial charge in [0.15, 0.2) is 11.9 Å². The van der Waals surface area contributed by atoms with E-state index in [4.69, 9.17) is 24.0 Å². The smallest absolute Gasteiger partial charge is 0.205 e. The van der Waals surface area contributed by atoms with Gasteiger partial charge in [0.05, 0.1) is 0 Å². The van der Waals surface area contributed by atoms with Gasteiger partial charge in [0.25, 0.3) is 0 Å². The van der Waals surface area contributed by atoms with Gasteiger partial charge in [-0.2, -0.15) is 0 Å². The lowest BCUT2D eigenvalue weighted by molar-refractivity contribution is -0.575. The Bertz CT molecular complexity index is 786. The number of hydrogen-bond acceptors (Lipinski definition) is 5. The zero-order chi connectivity index (χ0) is 21.3. The molecule has 5 aliphatic rings. The van der Waals surface area contributed by atoms with Gasteiger partial charge in [-0.3, -0.25) is 0 Å². The number of fused-ring (bicyclic) bond motifs is 2. The van der Waals surface area contributed by atoms with Crippen LogP contribution in [-0.2, 0) is 24.7 Å². The Balaban J connectivity index is 1.43. The SMILES string of the molecule is C[C@H]1C(Oc2ccc(C(C)(C)C)cc2)O[C@@H]2OC3(C)CCC4[C@H](C)CCC1[C@]42OO3. The van der Waals surface area contributed by atoms with Crippen LogP contribution < -0.4 is 4.74 Å². The van der Waals surface area contributed by atoms with Crippen molar-refractivity contribution in [2.45, 2.75) is 96.6 Å². The third-order valence-electron chi connectivity index (χ3n) is 8.07. The van der Waals surface area contributed by atoms with Crippen molar-refractivity contribution in [1.29, 1.82) is 0 Å². The van der Waals surface area contributed by atoms with Crippen LogP contribution in [0.15, 0.2) is 24.3 Å². The highest BCUT2D eigenvalue weighted by Crippen LogP contribution is 2.60. The average molecular weight is 417 g/mol. The summed E-state index contributed by atoms with van der Waals surface area (Å²) in [6.07, 6.45) is 3.30. The summed E-state index contributed by atoms with van der Waals surface area (Å²) < 4.78 is 19.3. The first kappa shape index (κ1) is 20.7. The first-order valence-corrected chi connectivity index (χ1v) is 11.6. The summed E-state index contributed by atoms with van der Waals surface area (Å²) in [5.74, 6) is 1.47. The lowest BCUT2D eigenvalue weighted by Crippen LogP contribution is -2.70. The molecule has 8 atom stereocenters. The molecule has 166 valence electrons. The largest absolute Gasteiger partial charge is 0.465 e. The molecule has 0 radical (unpaired) electrons. The molecule has 5 heteroatoms. The Morgan fingerprint density at radius 1 is 0.967 bits per heavy atom. The van der Waals surface area contributed by atoms with E-state index in [1.165, 1.54) is 12.0 Å². The third-order valence-corrected chi connectivity index (χ3v) is 8.07. The Morgan fingerprint density at radius 2 is 1.70 bits per heavy atom. The molecule has 0 aromatic heterocycles. The van der Waals surface area contributed by atoms with Crippen LogP contribution in [0.3, 0.4) is 0 Å². The summed E-state index contributed by atoms with van der Waals surface area (Å²) in [6, 6.07) is 8.39. The molecule has 1 spiro atoms.